The number of hydrogen-bond donors (Lipinski definition) is 3. The number of nitrogens with two attached hydrogens (primary N) is 1. The summed E-state index contributed by atoms with van der Waals surface area (Å²) in [6.07, 6.45) is -0.0581. The standard InChI is InChI=1S/C9H10N6O3S/c10-8(17)6(16)3-11-9(18)7-5(1-2-19-7)15-4-12-13-14-15/h1-2,4,6,16H,3H2,(H2,10,17)(H,11,18). The van der Waals surface area contributed by atoms with E-state index in [0.717, 1.165) is 0 Å². The lowest BCUT2D eigenvalue weighted by Gasteiger charge is -2.08. The molecule has 0 aromatic carbocycles. The summed E-state index contributed by atoms with van der Waals surface area (Å²) in [5.74, 6) is -1.34. The Morgan fingerprint density at radius 3 is 3.00 bits per heavy atom. The average molecular weight is 282 g/mol. The van der Waals surface area contributed by atoms with Gasteiger partial charge in [0.25, 0.3) is 5.91 Å². The molecule has 4 N–H and O–H groups in total. The lowest BCUT2D eigenvalue weighted by Crippen LogP contribution is -2.39. The van der Waals surface area contributed by atoms with Gasteiger partial charge in [-0.3, -0.25) is 9.59 Å². The minimum absolute atomic E-state index is 0.249. The van der Waals surface area contributed by atoms with E-state index in [1.807, 2.05) is 0 Å². The number of aliphatic hydroxyl groups is 1. The molecule has 2 rings (SSSR count). The molecule has 2 aromatic rings. The number of primary amides is 1. The Hall–Kier alpha value is -2.33. The van der Waals surface area contributed by atoms with Crippen LogP contribution in [0.4, 0.5) is 0 Å². The Bertz CT molecular complexity index is 581. The second-order valence-electron chi connectivity index (χ2n) is 3.52. The van der Waals surface area contributed by atoms with Gasteiger partial charge in [0.15, 0.2) is 0 Å². The highest BCUT2D eigenvalue weighted by Crippen LogP contribution is 2.19. The first-order valence-corrected chi connectivity index (χ1v) is 6.04. The van der Waals surface area contributed by atoms with Crippen LogP contribution in [0.1, 0.15) is 9.67 Å². The van der Waals surface area contributed by atoms with Crippen molar-refractivity contribution in [2.24, 2.45) is 5.73 Å². The van der Waals surface area contributed by atoms with Gasteiger partial charge in [-0.25, -0.2) is 0 Å². The van der Waals surface area contributed by atoms with Crippen molar-refractivity contribution in [1.82, 2.24) is 25.5 Å². The molecule has 0 radical (unpaired) electrons. The van der Waals surface area contributed by atoms with Crippen molar-refractivity contribution in [2.75, 3.05) is 6.54 Å². The third-order valence-electron chi connectivity index (χ3n) is 2.23. The van der Waals surface area contributed by atoms with E-state index in [1.54, 1.807) is 11.4 Å². The summed E-state index contributed by atoms with van der Waals surface area (Å²) in [6.45, 7) is -0.249. The van der Waals surface area contributed by atoms with Crippen molar-refractivity contribution in [3.8, 4) is 5.69 Å². The molecule has 0 fully saturated rings. The normalized spacial score (nSPS) is 12.1. The van der Waals surface area contributed by atoms with Gasteiger partial charge < -0.3 is 16.2 Å². The number of amides is 2. The van der Waals surface area contributed by atoms with Gasteiger partial charge in [0.05, 0.1) is 12.2 Å². The summed E-state index contributed by atoms with van der Waals surface area (Å²) in [5, 5.41) is 24.0. The van der Waals surface area contributed by atoms with Gasteiger partial charge in [-0.05, 0) is 21.9 Å². The minimum atomic E-state index is -1.42. The molecule has 0 aliphatic rings. The van der Waals surface area contributed by atoms with Gasteiger partial charge in [0.2, 0.25) is 5.91 Å². The molecule has 10 heteroatoms. The SMILES string of the molecule is NC(=O)C(O)CNC(=O)c1sccc1-n1cnnn1. The fraction of sp³-hybridized carbons (Fsp3) is 0.222. The molecule has 1 unspecified atom stereocenters. The molecule has 19 heavy (non-hydrogen) atoms. The van der Waals surface area contributed by atoms with Crippen molar-refractivity contribution in [3.05, 3.63) is 22.7 Å². The van der Waals surface area contributed by atoms with Crippen LogP contribution in [0, 0.1) is 0 Å². The summed E-state index contributed by atoms with van der Waals surface area (Å²) in [6, 6.07) is 1.68. The maximum atomic E-state index is 11.9. The first kappa shape index (κ1) is 13.1. The Kier molecular flexibility index (Phi) is 3.82. The summed E-state index contributed by atoms with van der Waals surface area (Å²) in [5.41, 5.74) is 5.39. The zero-order valence-electron chi connectivity index (χ0n) is 9.55. The quantitative estimate of drug-likeness (QED) is 0.598. The number of tetrazole rings is 1. The average Bonchev–Trinajstić information content (AvgIpc) is 3.04. The van der Waals surface area contributed by atoms with E-state index in [9.17, 15) is 14.7 Å². The number of aliphatic hydroxyl groups excluding tert-OH is 1. The van der Waals surface area contributed by atoms with Gasteiger partial charge in [0, 0.05) is 0 Å². The van der Waals surface area contributed by atoms with E-state index >= 15 is 0 Å². The number of rotatable bonds is 5. The first-order chi connectivity index (χ1) is 9.09. The second kappa shape index (κ2) is 5.54. The van der Waals surface area contributed by atoms with Crippen LogP contribution in [-0.4, -0.2) is 49.8 Å². The number of nitrogens with one attached hydrogen (secondary N) is 1. The molecule has 0 saturated heterocycles. The molecule has 1 atom stereocenters. The van der Waals surface area contributed by atoms with Crippen LogP contribution in [0.5, 0.6) is 0 Å². The van der Waals surface area contributed by atoms with Crippen LogP contribution < -0.4 is 11.1 Å². The Morgan fingerprint density at radius 2 is 2.37 bits per heavy atom. The predicted molar refractivity (Wildman–Crippen MR) is 64.6 cm³/mol. The number of aromatic nitrogens is 4. The summed E-state index contributed by atoms with van der Waals surface area (Å²) >= 11 is 1.19. The van der Waals surface area contributed by atoms with Crippen molar-refractivity contribution < 1.29 is 14.7 Å². The molecule has 100 valence electrons. The van der Waals surface area contributed by atoms with E-state index in [1.165, 1.54) is 22.3 Å². The largest absolute Gasteiger partial charge is 0.381 e. The van der Waals surface area contributed by atoms with Crippen molar-refractivity contribution in [2.45, 2.75) is 6.10 Å². The Labute approximate surface area is 111 Å². The van der Waals surface area contributed by atoms with Gasteiger partial charge in [-0.2, -0.15) is 4.68 Å². The second-order valence-corrected chi connectivity index (χ2v) is 4.43. The monoisotopic (exact) mass is 282 g/mol. The maximum Gasteiger partial charge on any atom is 0.263 e. The predicted octanol–water partition coefficient (Wildman–Crippen LogP) is -1.70. The maximum absolute atomic E-state index is 11.9. The van der Waals surface area contributed by atoms with Crippen molar-refractivity contribution in [1.29, 1.82) is 0 Å². The highest BCUT2D eigenvalue weighted by Gasteiger charge is 2.18. The number of carbonyl (C=O) groups is 2. The molecule has 0 aliphatic heterocycles. The smallest absolute Gasteiger partial charge is 0.263 e. The topological polar surface area (TPSA) is 136 Å². The fourth-order valence-electron chi connectivity index (χ4n) is 1.29. The van der Waals surface area contributed by atoms with Gasteiger partial charge >= 0.3 is 0 Å². The van der Waals surface area contributed by atoms with E-state index < -0.39 is 17.9 Å². The minimum Gasteiger partial charge on any atom is -0.381 e. The molecule has 2 aromatic heterocycles. The molecule has 2 heterocycles. The van der Waals surface area contributed by atoms with Crippen LogP contribution in [-0.2, 0) is 4.79 Å². The Morgan fingerprint density at radius 1 is 1.58 bits per heavy atom. The van der Waals surface area contributed by atoms with E-state index in [2.05, 4.69) is 20.8 Å². The van der Waals surface area contributed by atoms with Crippen LogP contribution in [0.3, 0.4) is 0 Å². The Balaban J connectivity index is 2.08. The number of thiophene rings is 1. The lowest BCUT2D eigenvalue weighted by molar-refractivity contribution is -0.125. The van der Waals surface area contributed by atoms with E-state index in [0.29, 0.717) is 10.6 Å². The fourth-order valence-corrected chi connectivity index (χ4v) is 2.09. The molecular weight excluding hydrogens is 272 g/mol. The third-order valence-corrected chi connectivity index (χ3v) is 3.13. The van der Waals surface area contributed by atoms with Crippen LogP contribution in [0.15, 0.2) is 17.8 Å². The van der Waals surface area contributed by atoms with Crippen LogP contribution in [0.2, 0.25) is 0 Å². The van der Waals surface area contributed by atoms with Crippen LogP contribution in [0.25, 0.3) is 5.69 Å². The summed E-state index contributed by atoms with van der Waals surface area (Å²) in [7, 11) is 0. The van der Waals surface area contributed by atoms with Crippen molar-refractivity contribution in [3.63, 3.8) is 0 Å². The summed E-state index contributed by atoms with van der Waals surface area (Å²) in [4.78, 5) is 22.9. The molecule has 9 nitrogen and oxygen atoms in total. The highest BCUT2D eigenvalue weighted by atomic mass is 32.1. The van der Waals surface area contributed by atoms with Crippen molar-refractivity contribution >= 4 is 23.2 Å². The van der Waals surface area contributed by atoms with E-state index in [4.69, 9.17) is 5.73 Å². The van der Waals surface area contributed by atoms with Gasteiger partial charge in [-0.1, -0.05) is 0 Å². The molecule has 0 saturated carbocycles. The zero-order valence-corrected chi connectivity index (χ0v) is 10.4. The highest BCUT2D eigenvalue weighted by molar-refractivity contribution is 7.12. The first-order valence-electron chi connectivity index (χ1n) is 5.16. The lowest BCUT2D eigenvalue weighted by atomic mass is 10.3. The third kappa shape index (κ3) is 2.92. The zero-order chi connectivity index (χ0) is 13.8. The number of carbonyl (C=O) groups excluding carboxylic acids is 2. The summed E-state index contributed by atoms with van der Waals surface area (Å²) < 4.78 is 1.34. The number of hydrogen-bond acceptors (Lipinski definition) is 7. The molecule has 2 amide bonds. The van der Waals surface area contributed by atoms with E-state index in [-0.39, 0.29) is 6.54 Å². The number of nitrogens with zero attached hydrogens (tertiary/aromatic N) is 4. The molecule has 0 spiro atoms. The van der Waals surface area contributed by atoms with Gasteiger partial charge in [0.1, 0.15) is 17.3 Å². The van der Waals surface area contributed by atoms with Crippen LogP contribution >= 0.6 is 11.3 Å². The molecule has 0 aliphatic carbocycles. The van der Waals surface area contributed by atoms with Gasteiger partial charge in [-0.15, -0.1) is 16.4 Å². The molecular formula is C9H10N6O3S. The molecule has 0 bridgehead atoms.